The molecule has 3 aromatic rings. The van der Waals surface area contributed by atoms with Crippen LogP contribution in [0.1, 0.15) is 30.0 Å². The van der Waals surface area contributed by atoms with Crippen LogP contribution in [-0.4, -0.2) is 0 Å². The number of hydrogen-bond acceptors (Lipinski definition) is 2. The zero-order chi connectivity index (χ0) is 32.3. The van der Waals surface area contributed by atoms with Crippen molar-refractivity contribution in [3.63, 3.8) is 0 Å². The van der Waals surface area contributed by atoms with Crippen molar-refractivity contribution in [1.82, 2.24) is 0 Å². The van der Waals surface area contributed by atoms with Crippen molar-refractivity contribution in [1.29, 1.82) is 0 Å². The molecular formula is C43H44N2. The number of anilines is 2. The molecule has 0 atom stereocenters. The summed E-state index contributed by atoms with van der Waals surface area (Å²) in [4.78, 5) is 1.98. The molecule has 0 aliphatic heterocycles. The van der Waals surface area contributed by atoms with Crippen molar-refractivity contribution in [2.45, 2.75) is 19.8 Å². The summed E-state index contributed by atoms with van der Waals surface area (Å²) >= 11 is 0. The first-order valence-corrected chi connectivity index (χ1v) is 15.1. The molecule has 2 heteroatoms. The minimum atomic E-state index is 0.887. The van der Waals surface area contributed by atoms with Gasteiger partial charge in [0.05, 0.1) is 5.69 Å². The lowest BCUT2D eigenvalue weighted by atomic mass is 9.97. The van der Waals surface area contributed by atoms with E-state index in [1.165, 1.54) is 5.56 Å². The number of aryl methyl sites for hydroxylation is 1. The van der Waals surface area contributed by atoms with E-state index in [1.807, 2.05) is 78.0 Å². The fourth-order valence-electron chi connectivity index (χ4n) is 4.52. The molecule has 0 unspecified atom stereocenters. The summed E-state index contributed by atoms with van der Waals surface area (Å²) in [5.41, 5.74) is 9.32. The topological polar surface area (TPSA) is 15.3 Å². The molecule has 1 N–H and O–H groups in total. The summed E-state index contributed by atoms with van der Waals surface area (Å²) in [5.74, 6) is 0. The molecule has 0 bridgehead atoms. The average molecular weight is 589 g/mol. The van der Waals surface area contributed by atoms with Crippen LogP contribution in [0, 0.1) is 0 Å². The average Bonchev–Trinajstić information content (AvgIpc) is 3.07. The SMILES string of the molecule is C=C/C=C\C=C/N(C=C)c1ccccc1C(=C)/C=C(\C)C(=C)/C=C(\C=C/Nc1ccc(CC/C=C\C=C)cc1)c1ccccc1. The van der Waals surface area contributed by atoms with E-state index in [2.05, 4.69) is 118 Å². The lowest BCUT2D eigenvalue weighted by molar-refractivity contribution is 1.00. The summed E-state index contributed by atoms with van der Waals surface area (Å²) in [7, 11) is 0. The predicted molar refractivity (Wildman–Crippen MR) is 201 cm³/mol. The Kier molecular flexibility index (Phi) is 14.2. The number of rotatable bonds is 17. The Balaban J connectivity index is 1.79. The molecule has 0 saturated heterocycles. The Morgan fingerprint density at radius 2 is 1.49 bits per heavy atom. The number of hydrogen-bond donors (Lipinski definition) is 1. The van der Waals surface area contributed by atoms with Gasteiger partial charge in [-0.2, -0.15) is 0 Å². The first-order chi connectivity index (χ1) is 22.0. The van der Waals surface area contributed by atoms with Gasteiger partial charge in [-0.1, -0.05) is 136 Å². The van der Waals surface area contributed by atoms with E-state index in [0.29, 0.717) is 0 Å². The fourth-order valence-corrected chi connectivity index (χ4v) is 4.52. The van der Waals surface area contributed by atoms with Gasteiger partial charge in [0.25, 0.3) is 0 Å². The standard InChI is InChI=1S/C43H44N2/c1-7-10-12-15-21-38-26-28-41(29-27-38)44-31-30-40(39-22-16-14-17-23-39)34-36(5)35(4)33-37(6)42-24-18-19-25-43(42)45(9-3)32-20-13-11-8-2/h7-14,16-20,22-34,44H,1-3,5-6,15,21H2,4H3/b12-10-,13-11-,31-30-,32-20-,35-33+,40-34+. The maximum Gasteiger partial charge on any atom is 0.0527 e. The smallest absolute Gasteiger partial charge is 0.0527 e. The molecule has 0 aliphatic rings. The van der Waals surface area contributed by atoms with Gasteiger partial charge in [-0.05, 0) is 89.6 Å². The summed E-state index contributed by atoms with van der Waals surface area (Å²) in [6.45, 7) is 22.3. The minimum absolute atomic E-state index is 0.887. The zero-order valence-corrected chi connectivity index (χ0v) is 26.4. The third-order valence-corrected chi connectivity index (χ3v) is 7.00. The molecule has 0 spiro atoms. The van der Waals surface area contributed by atoms with Crippen molar-refractivity contribution in [2.24, 2.45) is 0 Å². The highest BCUT2D eigenvalue weighted by atomic mass is 15.1. The second-order valence-electron chi connectivity index (χ2n) is 10.3. The monoisotopic (exact) mass is 588 g/mol. The van der Waals surface area contributed by atoms with Crippen molar-refractivity contribution >= 4 is 22.5 Å². The maximum absolute atomic E-state index is 4.41. The van der Waals surface area contributed by atoms with Crippen LogP contribution in [0.25, 0.3) is 11.1 Å². The summed E-state index contributed by atoms with van der Waals surface area (Å²) in [6, 6.07) is 27.0. The van der Waals surface area contributed by atoms with E-state index in [-0.39, 0.29) is 0 Å². The van der Waals surface area contributed by atoms with Gasteiger partial charge in [-0.15, -0.1) is 0 Å². The molecule has 0 saturated carbocycles. The molecule has 3 rings (SSSR count). The Morgan fingerprint density at radius 1 is 0.778 bits per heavy atom. The molecule has 0 fully saturated rings. The van der Waals surface area contributed by atoms with Crippen molar-refractivity contribution in [3.8, 4) is 0 Å². The molecule has 0 aromatic heterocycles. The molecule has 0 radical (unpaired) electrons. The van der Waals surface area contributed by atoms with Gasteiger partial charge >= 0.3 is 0 Å². The largest absolute Gasteiger partial charge is 0.362 e. The van der Waals surface area contributed by atoms with Crippen LogP contribution in [0.4, 0.5) is 11.4 Å². The molecule has 3 aromatic carbocycles. The van der Waals surface area contributed by atoms with Crippen LogP contribution < -0.4 is 10.2 Å². The first-order valence-electron chi connectivity index (χ1n) is 15.1. The lowest BCUT2D eigenvalue weighted by Crippen LogP contribution is -2.08. The highest BCUT2D eigenvalue weighted by Gasteiger charge is 2.09. The lowest BCUT2D eigenvalue weighted by Gasteiger charge is -2.19. The molecule has 226 valence electrons. The number of nitrogens with one attached hydrogen (secondary N) is 1. The van der Waals surface area contributed by atoms with E-state index in [1.54, 1.807) is 12.3 Å². The molecule has 45 heavy (non-hydrogen) atoms. The Labute approximate surface area is 270 Å². The van der Waals surface area contributed by atoms with Gasteiger partial charge in [0.2, 0.25) is 0 Å². The van der Waals surface area contributed by atoms with Gasteiger partial charge in [-0.3, -0.25) is 0 Å². The van der Waals surface area contributed by atoms with Crippen molar-refractivity contribution < 1.29 is 0 Å². The van der Waals surface area contributed by atoms with Crippen LogP contribution in [0.2, 0.25) is 0 Å². The fraction of sp³-hybridized carbons (Fsp3) is 0.0698. The second kappa shape index (κ2) is 18.8. The van der Waals surface area contributed by atoms with Crippen molar-refractivity contribution in [3.05, 3.63) is 219 Å². The third-order valence-electron chi connectivity index (χ3n) is 7.00. The number of benzene rings is 3. The van der Waals surface area contributed by atoms with Gasteiger partial charge < -0.3 is 10.2 Å². The van der Waals surface area contributed by atoms with Crippen LogP contribution in [-0.2, 0) is 6.42 Å². The minimum Gasteiger partial charge on any atom is -0.362 e. The van der Waals surface area contributed by atoms with Gasteiger partial charge in [0, 0.05) is 29.9 Å². The Hall–Kier alpha value is -5.60. The summed E-state index contributed by atoms with van der Waals surface area (Å²) in [5, 5.41) is 3.41. The third kappa shape index (κ3) is 11.2. The van der Waals surface area contributed by atoms with Crippen molar-refractivity contribution in [2.75, 3.05) is 10.2 Å². The predicted octanol–water partition coefficient (Wildman–Crippen LogP) is 11.8. The number of allylic oxidation sites excluding steroid dienone is 14. The van der Waals surface area contributed by atoms with Crippen LogP contribution in [0.3, 0.4) is 0 Å². The molecule has 0 aliphatic carbocycles. The van der Waals surface area contributed by atoms with Gasteiger partial charge in [-0.25, -0.2) is 0 Å². The molecule has 0 heterocycles. The summed E-state index contributed by atoms with van der Waals surface area (Å²) < 4.78 is 0. The molecule has 0 amide bonds. The highest BCUT2D eigenvalue weighted by molar-refractivity contribution is 5.84. The molecule has 2 nitrogen and oxygen atoms in total. The van der Waals surface area contributed by atoms with E-state index in [4.69, 9.17) is 0 Å². The maximum atomic E-state index is 4.41. The Morgan fingerprint density at radius 3 is 2.20 bits per heavy atom. The molecular weight excluding hydrogens is 544 g/mol. The number of nitrogens with zero attached hydrogens (tertiary/aromatic N) is 1. The van der Waals surface area contributed by atoms with Crippen LogP contribution >= 0.6 is 0 Å². The van der Waals surface area contributed by atoms with Crippen LogP contribution in [0.5, 0.6) is 0 Å². The first kappa shape index (κ1) is 33.9. The quantitative estimate of drug-likeness (QED) is 0.158. The highest BCUT2D eigenvalue weighted by Crippen LogP contribution is 2.30. The van der Waals surface area contributed by atoms with Gasteiger partial charge in [0.1, 0.15) is 0 Å². The van der Waals surface area contributed by atoms with E-state index in [0.717, 1.165) is 57.6 Å². The summed E-state index contributed by atoms with van der Waals surface area (Å²) in [6.07, 6.45) is 27.4. The van der Waals surface area contributed by atoms with E-state index >= 15 is 0 Å². The second-order valence-corrected chi connectivity index (χ2v) is 10.3. The van der Waals surface area contributed by atoms with E-state index < -0.39 is 0 Å². The normalized spacial score (nSPS) is 12.2. The Bertz CT molecular complexity index is 1640. The van der Waals surface area contributed by atoms with Gasteiger partial charge in [0.15, 0.2) is 0 Å². The van der Waals surface area contributed by atoms with Crippen LogP contribution in [0.15, 0.2) is 202 Å². The zero-order valence-electron chi connectivity index (χ0n) is 26.4. The van der Waals surface area contributed by atoms with E-state index in [9.17, 15) is 0 Å². The number of para-hydroxylation sites is 1.